The normalized spacial score (nSPS) is 13.9. The highest BCUT2D eigenvalue weighted by molar-refractivity contribution is 5.78. The molecule has 0 saturated heterocycles. The number of hydrogen-bond donors (Lipinski definition) is 2. The number of aromatic hydroxyl groups is 1. The molecule has 0 aliphatic heterocycles. The third kappa shape index (κ3) is 4.49. The summed E-state index contributed by atoms with van der Waals surface area (Å²) >= 11 is 0. The van der Waals surface area contributed by atoms with Gasteiger partial charge in [0.1, 0.15) is 11.3 Å². The molecule has 8 heteroatoms. The van der Waals surface area contributed by atoms with Gasteiger partial charge in [0.25, 0.3) is 11.4 Å². The number of unbranched alkanes of at least 4 members (excludes halogenated alkanes) is 1. The van der Waals surface area contributed by atoms with Crippen molar-refractivity contribution in [2.24, 2.45) is 0 Å². The van der Waals surface area contributed by atoms with Gasteiger partial charge in [-0.2, -0.15) is 0 Å². The average molecular weight is 441 g/mol. The van der Waals surface area contributed by atoms with E-state index in [0.717, 1.165) is 56.2 Å². The van der Waals surface area contributed by atoms with Gasteiger partial charge >= 0.3 is 0 Å². The Labute approximate surface area is 184 Å². The molecule has 0 fully saturated rings. The van der Waals surface area contributed by atoms with Crippen LogP contribution in [-0.4, -0.2) is 20.3 Å². The van der Waals surface area contributed by atoms with E-state index in [1.807, 2.05) is 0 Å². The topological polar surface area (TPSA) is 92.0 Å². The van der Waals surface area contributed by atoms with Crippen molar-refractivity contribution in [1.82, 2.24) is 15.2 Å². The maximum Gasteiger partial charge on any atom is 0.264 e. The SMILES string of the molecule is CCCCc1[nH]c(=O)c(-c2nnc(Cc3ccc(F)c(F)c3)o2)c(O)c1C1=CCCCC1. The van der Waals surface area contributed by atoms with Crippen LogP contribution in [0.25, 0.3) is 17.0 Å². The zero-order chi connectivity index (χ0) is 22.7. The van der Waals surface area contributed by atoms with Gasteiger partial charge in [0, 0.05) is 11.3 Å². The first-order valence-corrected chi connectivity index (χ1v) is 10.9. The number of halogens is 2. The standard InChI is InChI=1S/C24H25F2N3O3/c1-2-3-9-18-20(15-7-5-4-6-8-15)22(30)21(23(31)27-18)24-29-28-19(32-24)13-14-10-11-16(25)17(26)12-14/h7,10-12H,2-6,8-9,13H2,1H3,(H2,27,30,31). The molecule has 0 spiro atoms. The van der Waals surface area contributed by atoms with Crippen molar-refractivity contribution in [3.05, 3.63) is 69.0 Å². The minimum atomic E-state index is -0.968. The molecule has 1 aromatic carbocycles. The largest absolute Gasteiger partial charge is 0.506 e. The molecule has 4 rings (SSSR count). The van der Waals surface area contributed by atoms with Crippen LogP contribution in [0.15, 0.2) is 33.5 Å². The Morgan fingerprint density at radius 1 is 1.16 bits per heavy atom. The van der Waals surface area contributed by atoms with Crippen molar-refractivity contribution in [1.29, 1.82) is 0 Å². The molecular weight excluding hydrogens is 416 g/mol. The summed E-state index contributed by atoms with van der Waals surface area (Å²) in [6.45, 7) is 2.07. The summed E-state index contributed by atoms with van der Waals surface area (Å²) in [5, 5.41) is 19.0. The van der Waals surface area contributed by atoms with Crippen LogP contribution in [0.2, 0.25) is 0 Å². The lowest BCUT2D eigenvalue weighted by molar-refractivity contribution is 0.464. The van der Waals surface area contributed by atoms with Crippen LogP contribution in [0.4, 0.5) is 8.78 Å². The van der Waals surface area contributed by atoms with Crippen molar-refractivity contribution >= 4 is 5.57 Å². The summed E-state index contributed by atoms with van der Waals surface area (Å²) in [5.74, 6) is -2.05. The van der Waals surface area contributed by atoms with E-state index in [1.54, 1.807) is 0 Å². The van der Waals surface area contributed by atoms with Gasteiger partial charge in [-0.3, -0.25) is 4.79 Å². The van der Waals surface area contributed by atoms with Gasteiger partial charge in [-0.25, -0.2) is 8.78 Å². The lowest BCUT2D eigenvalue weighted by Gasteiger charge is -2.19. The van der Waals surface area contributed by atoms with Crippen LogP contribution < -0.4 is 5.56 Å². The number of aromatic nitrogens is 3. The van der Waals surface area contributed by atoms with Gasteiger partial charge < -0.3 is 14.5 Å². The van der Waals surface area contributed by atoms with Crippen LogP contribution in [-0.2, 0) is 12.8 Å². The second kappa shape index (κ2) is 9.46. The van der Waals surface area contributed by atoms with E-state index < -0.39 is 17.2 Å². The number of allylic oxidation sites excluding steroid dienone is 2. The Kier molecular flexibility index (Phi) is 6.48. The zero-order valence-corrected chi connectivity index (χ0v) is 17.9. The predicted octanol–water partition coefficient (Wildman–Crippen LogP) is 5.30. The fourth-order valence-electron chi connectivity index (χ4n) is 4.04. The fourth-order valence-corrected chi connectivity index (χ4v) is 4.04. The van der Waals surface area contributed by atoms with E-state index >= 15 is 0 Å². The molecule has 3 aromatic rings. The highest BCUT2D eigenvalue weighted by Gasteiger charge is 2.25. The van der Waals surface area contributed by atoms with E-state index in [9.17, 15) is 18.7 Å². The number of aryl methyl sites for hydroxylation is 1. The molecule has 0 unspecified atom stereocenters. The van der Waals surface area contributed by atoms with E-state index in [2.05, 4.69) is 28.2 Å². The van der Waals surface area contributed by atoms with E-state index in [4.69, 9.17) is 4.42 Å². The zero-order valence-electron chi connectivity index (χ0n) is 17.9. The first-order valence-electron chi connectivity index (χ1n) is 10.9. The average Bonchev–Trinajstić information content (AvgIpc) is 3.23. The number of nitrogens with zero attached hydrogens (tertiary/aromatic N) is 2. The van der Waals surface area contributed by atoms with Gasteiger partial charge in [-0.05, 0) is 61.8 Å². The lowest BCUT2D eigenvalue weighted by Crippen LogP contribution is -2.15. The Morgan fingerprint density at radius 2 is 2.00 bits per heavy atom. The summed E-state index contributed by atoms with van der Waals surface area (Å²) in [7, 11) is 0. The Hall–Kier alpha value is -3.29. The van der Waals surface area contributed by atoms with Gasteiger partial charge in [0.05, 0.1) is 6.42 Å². The van der Waals surface area contributed by atoms with Crippen molar-refractivity contribution in [3.8, 4) is 17.2 Å². The first-order chi connectivity index (χ1) is 15.5. The number of pyridine rings is 1. The molecule has 2 N–H and O–H groups in total. The number of rotatable bonds is 7. The Balaban J connectivity index is 1.72. The van der Waals surface area contributed by atoms with Crippen molar-refractivity contribution in [2.75, 3.05) is 0 Å². The van der Waals surface area contributed by atoms with Crippen molar-refractivity contribution in [2.45, 2.75) is 58.3 Å². The molecule has 168 valence electrons. The number of aromatic amines is 1. The third-order valence-corrected chi connectivity index (χ3v) is 5.68. The third-order valence-electron chi connectivity index (χ3n) is 5.68. The van der Waals surface area contributed by atoms with Gasteiger partial charge in [0.15, 0.2) is 11.6 Å². The van der Waals surface area contributed by atoms with Gasteiger partial charge in [0.2, 0.25) is 5.89 Å². The maximum atomic E-state index is 13.5. The Morgan fingerprint density at radius 3 is 2.72 bits per heavy atom. The van der Waals surface area contributed by atoms with Crippen LogP contribution in [0.5, 0.6) is 5.75 Å². The summed E-state index contributed by atoms with van der Waals surface area (Å²) in [6, 6.07) is 3.50. The molecule has 0 atom stereocenters. The van der Waals surface area contributed by atoms with E-state index in [-0.39, 0.29) is 29.5 Å². The van der Waals surface area contributed by atoms with Crippen LogP contribution in [0.1, 0.15) is 68.2 Å². The minimum absolute atomic E-state index is 0.0649. The highest BCUT2D eigenvalue weighted by Crippen LogP contribution is 2.38. The lowest BCUT2D eigenvalue weighted by atomic mass is 9.90. The molecule has 0 saturated carbocycles. The molecule has 32 heavy (non-hydrogen) atoms. The molecule has 2 heterocycles. The van der Waals surface area contributed by atoms with Crippen LogP contribution in [0.3, 0.4) is 0 Å². The molecule has 1 aliphatic carbocycles. The van der Waals surface area contributed by atoms with Crippen LogP contribution in [0, 0.1) is 11.6 Å². The van der Waals surface area contributed by atoms with Gasteiger partial charge in [-0.1, -0.05) is 25.5 Å². The van der Waals surface area contributed by atoms with Crippen LogP contribution >= 0.6 is 0 Å². The molecule has 0 radical (unpaired) electrons. The van der Waals surface area contributed by atoms with E-state index in [1.165, 1.54) is 6.07 Å². The Bertz CT molecular complexity index is 1210. The highest BCUT2D eigenvalue weighted by atomic mass is 19.2. The molecule has 1 aliphatic rings. The fraction of sp³-hybridized carbons (Fsp3) is 0.375. The monoisotopic (exact) mass is 441 g/mol. The number of benzene rings is 1. The molecule has 0 bridgehead atoms. The predicted molar refractivity (Wildman–Crippen MR) is 116 cm³/mol. The number of H-pyrrole nitrogens is 1. The van der Waals surface area contributed by atoms with Crippen molar-refractivity contribution in [3.63, 3.8) is 0 Å². The van der Waals surface area contributed by atoms with Gasteiger partial charge in [-0.15, -0.1) is 10.2 Å². The summed E-state index contributed by atoms with van der Waals surface area (Å²) in [4.78, 5) is 15.8. The summed E-state index contributed by atoms with van der Waals surface area (Å²) < 4.78 is 32.3. The maximum absolute atomic E-state index is 13.5. The molecule has 2 aromatic heterocycles. The quantitative estimate of drug-likeness (QED) is 0.519. The minimum Gasteiger partial charge on any atom is -0.506 e. The second-order valence-electron chi connectivity index (χ2n) is 8.04. The van der Waals surface area contributed by atoms with E-state index in [0.29, 0.717) is 23.2 Å². The molecule has 6 nitrogen and oxygen atoms in total. The summed E-state index contributed by atoms with van der Waals surface area (Å²) in [5.41, 5.74) is 2.24. The smallest absolute Gasteiger partial charge is 0.264 e. The first kappa shape index (κ1) is 21.9. The second-order valence-corrected chi connectivity index (χ2v) is 8.04. The van der Waals surface area contributed by atoms with Crippen molar-refractivity contribution < 1.29 is 18.3 Å². The molecule has 0 amide bonds. The summed E-state index contributed by atoms with van der Waals surface area (Å²) in [6.07, 6.45) is 8.53. The molecular formula is C24H25F2N3O3. The number of hydrogen-bond acceptors (Lipinski definition) is 5. The number of nitrogens with one attached hydrogen (secondary N) is 1.